The lowest BCUT2D eigenvalue weighted by atomic mass is 10.1. The van der Waals surface area contributed by atoms with Crippen LogP contribution in [0.3, 0.4) is 0 Å². The monoisotopic (exact) mass is 334 g/mol. The molecule has 1 aromatic heterocycles. The van der Waals surface area contributed by atoms with E-state index < -0.39 is 12.0 Å². The van der Waals surface area contributed by atoms with Gasteiger partial charge in [0, 0.05) is 0 Å². The molecule has 0 aliphatic carbocycles. The Morgan fingerprint density at radius 3 is 2.36 bits per heavy atom. The first-order valence-corrected chi connectivity index (χ1v) is 7.91. The van der Waals surface area contributed by atoms with Crippen molar-refractivity contribution in [2.24, 2.45) is 10.2 Å². The normalized spacial score (nSPS) is 12.2. The molecule has 5 heteroatoms. The molecule has 3 aromatic rings. The largest absolute Gasteiger partial charge is 0.463 e. The van der Waals surface area contributed by atoms with Gasteiger partial charge in [-0.2, -0.15) is 10.2 Å². The molecule has 25 heavy (non-hydrogen) atoms. The maximum atomic E-state index is 11.6. The number of ether oxygens (including phenoxy) is 1. The molecule has 1 heterocycles. The van der Waals surface area contributed by atoms with Crippen LogP contribution in [0.15, 0.2) is 87.4 Å². The van der Waals surface area contributed by atoms with Crippen LogP contribution in [-0.4, -0.2) is 13.1 Å². The van der Waals surface area contributed by atoms with E-state index in [9.17, 15) is 4.79 Å². The van der Waals surface area contributed by atoms with Crippen LogP contribution in [0, 0.1) is 0 Å². The molecular weight excluding hydrogens is 316 g/mol. The summed E-state index contributed by atoms with van der Waals surface area (Å²) >= 11 is 0. The number of carbonyl (C=O) groups is 1. The van der Waals surface area contributed by atoms with Crippen LogP contribution >= 0.6 is 0 Å². The van der Waals surface area contributed by atoms with E-state index in [2.05, 4.69) is 15.0 Å². The number of rotatable bonds is 6. The van der Waals surface area contributed by atoms with Crippen molar-refractivity contribution in [2.75, 3.05) is 7.11 Å². The second-order valence-electron chi connectivity index (χ2n) is 5.41. The number of nitrogens with zero attached hydrogens (tertiary/aromatic N) is 2. The maximum absolute atomic E-state index is 11.6. The second kappa shape index (κ2) is 8.06. The Labute approximate surface area is 146 Å². The van der Waals surface area contributed by atoms with Gasteiger partial charge in [-0.25, -0.2) is 4.79 Å². The summed E-state index contributed by atoms with van der Waals surface area (Å²) in [6, 6.07) is 22.5. The van der Waals surface area contributed by atoms with E-state index in [1.165, 1.54) is 7.11 Å². The van der Waals surface area contributed by atoms with Crippen molar-refractivity contribution in [1.82, 2.24) is 0 Å². The maximum Gasteiger partial charge on any atom is 0.373 e. The van der Waals surface area contributed by atoms with Gasteiger partial charge in [-0.15, -0.1) is 0 Å². The third kappa shape index (κ3) is 4.20. The first kappa shape index (κ1) is 16.6. The van der Waals surface area contributed by atoms with Crippen LogP contribution in [0.25, 0.3) is 0 Å². The number of hydrogen-bond acceptors (Lipinski definition) is 5. The van der Waals surface area contributed by atoms with E-state index in [0.717, 1.165) is 11.1 Å². The number of esters is 1. The van der Waals surface area contributed by atoms with Crippen molar-refractivity contribution < 1.29 is 13.9 Å². The van der Waals surface area contributed by atoms with Gasteiger partial charge in [-0.05, 0) is 23.3 Å². The Morgan fingerprint density at radius 1 is 1.00 bits per heavy atom. The summed E-state index contributed by atoms with van der Waals surface area (Å²) in [5.41, 5.74) is 2.01. The van der Waals surface area contributed by atoms with Crippen LogP contribution in [0.4, 0.5) is 0 Å². The fraction of sp³-hybridized carbons (Fsp3) is 0.150. The molecule has 0 radical (unpaired) electrons. The molecular formula is C20H18N2O3. The Hall–Kier alpha value is -3.21. The summed E-state index contributed by atoms with van der Waals surface area (Å²) < 4.78 is 10.3. The average molecular weight is 334 g/mol. The molecule has 0 N–H and O–H groups in total. The minimum Gasteiger partial charge on any atom is -0.463 e. The van der Waals surface area contributed by atoms with Crippen molar-refractivity contribution in [3.05, 3.63) is 95.4 Å². The number of azo groups is 1. The molecule has 0 saturated carbocycles. The van der Waals surface area contributed by atoms with Crippen LogP contribution in [0.1, 0.15) is 33.5 Å². The van der Waals surface area contributed by atoms with E-state index in [-0.39, 0.29) is 5.76 Å². The van der Waals surface area contributed by atoms with Gasteiger partial charge in [0.2, 0.25) is 5.76 Å². The highest BCUT2D eigenvalue weighted by molar-refractivity contribution is 5.86. The van der Waals surface area contributed by atoms with E-state index in [1.54, 1.807) is 12.1 Å². The predicted molar refractivity (Wildman–Crippen MR) is 93.3 cm³/mol. The zero-order valence-corrected chi connectivity index (χ0v) is 13.8. The second-order valence-corrected chi connectivity index (χ2v) is 5.41. The number of methoxy groups -OCH3 is 1. The standard InChI is InChI=1S/C20H18N2O3/c1-24-20(23)18-13-12-17(25-18)19(16-10-6-3-7-11-16)22-21-14-15-8-4-2-5-9-15/h2-13,19H,14H2,1H3. The van der Waals surface area contributed by atoms with Crippen molar-refractivity contribution >= 4 is 5.97 Å². The van der Waals surface area contributed by atoms with Crippen LogP contribution in [-0.2, 0) is 11.3 Å². The lowest BCUT2D eigenvalue weighted by Gasteiger charge is -2.09. The smallest absolute Gasteiger partial charge is 0.373 e. The van der Waals surface area contributed by atoms with Gasteiger partial charge in [0.25, 0.3) is 0 Å². The molecule has 0 bridgehead atoms. The van der Waals surface area contributed by atoms with Gasteiger partial charge in [0.05, 0.1) is 13.7 Å². The van der Waals surface area contributed by atoms with Crippen molar-refractivity contribution in [2.45, 2.75) is 12.6 Å². The summed E-state index contributed by atoms with van der Waals surface area (Å²) in [5, 5.41) is 8.75. The molecule has 126 valence electrons. The molecule has 0 fully saturated rings. The van der Waals surface area contributed by atoms with Gasteiger partial charge in [0.15, 0.2) is 6.04 Å². The van der Waals surface area contributed by atoms with Crippen LogP contribution in [0.5, 0.6) is 0 Å². The molecule has 0 aliphatic heterocycles. The predicted octanol–water partition coefficient (Wildman–Crippen LogP) is 4.81. The lowest BCUT2D eigenvalue weighted by Crippen LogP contribution is -1.99. The third-order valence-electron chi connectivity index (χ3n) is 3.69. The van der Waals surface area contributed by atoms with E-state index in [0.29, 0.717) is 12.3 Å². The van der Waals surface area contributed by atoms with Gasteiger partial charge < -0.3 is 9.15 Å². The zero-order valence-electron chi connectivity index (χ0n) is 13.8. The van der Waals surface area contributed by atoms with Crippen LogP contribution < -0.4 is 0 Å². The van der Waals surface area contributed by atoms with Crippen molar-refractivity contribution in [3.8, 4) is 0 Å². The quantitative estimate of drug-likeness (QED) is 0.480. The fourth-order valence-electron chi connectivity index (χ4n) is 2.42. The average Bonchev–Trinajstić information content (AvgIpc) is 3.16. The molecule has 1 atom stereocenters. The van der Waals surface area contributed by atoms with Gasteiger partial charge in [-0.3, -0.25) is 0 Å². The molecule has 0 amide bonds. The van der Waals surface area contributed by atoms with Gasteiger partial charge >= 0.3 is 5.97 Å². The highest BCUT2D eigenvalue weighted by atomic mass is 16.5. The van der Waals surface area contributed by atoms with E-state index >= 15 is 0 Å². The van der Waals surface area contributed by atoms with Crippen LogP contribution in [0.2, 0.25) is 0 Å². The molecule has 0 aliphatic rings. The summed E-state index contributed by atoms with van der Waals surface area (Å²) in [7, 11) is 1.32. The fourth-order valence-corrected chi connectivity index (χ4v) is 2.42. The highest BCUT2D eigenvalue weighted by Gasteiger charge is 2.20. The molecule has 0 spiro atoms. The van der Waals surface area contributed by atoms with Gasteiger partial charge in [0.1, 0.15) is 5.76 Å². The molecule has 1 unspecified atom stereocenters. The SMILES string of the molecule is COC(=O)c1ccc(C(N=NCc2ccccc2)c2ccccc2)o1. The molecule has 2 aromatic carbocycles. The topological polar surface area (TPSA) is 64.2 Å². The summed E-state index contributed by atoms with van der Waals surface area (Å²) in [5.74, 6) is 0.180. The molecule has 5 nitrogen and oxygen atoms in total. The Morgan fingerprint density at radius 2 is 1.68 bits per heavy atom. The molecule has 3 rings (SSSR count). The minimum absolute atomic E-state index is 0.150. The highest BCUT2D eigenvalue weighted by Crippen LogP contribution is 2.28. The van der Waals surface area contributed by atoms with E-state index in [1.807, 2.05) is 60.7 Å². The molecule has 0 saturated heterocycles. The van der Waals surface area contributed by atoms with Gasteiger partial charge in [-0.1, -0.05) is 60.7 Å². The van der Waals surface area contributed by atoms with Crippen molar-refractivity contribution in [3.63, 3.8) is 0 Å². The summed E-state index contributed by atoms with van der Waals surface area (Å²) in [6.07, 6.45) is 0. The Bertz CT molecular complexity index is 842. The first-order valence-electron chi connectivity index (χ1n) is 7.91. The number of furan rings is 1. The Balaban J connectivity index is 1.85. The number of benzene rings is 2. The van der Waals surface area contributed by atoms with Crippen molar-refractivity contribution in [1.29, 1.82) is 0 Å². The first-order chi connectivity index (χ1) is 12.3. The summed E-state index contributed by atoms with van der Waals surface area (Å²) in [4.78, 5) is 11.6. The summed E-state index contributed by atoms with van der Waals surface area (Å²) in [6.45, 7) is 0.481. The van der Waals surface area contributed by atoms with E-state index in [4.69, 9.17) is 4.42 Å². The minimum atomic E-state index is -0.515. The lowest BCUT2D eigenvalue weighted by molar-refractivity contribution is 0.0562. The number of carbonyl (C=O) groups excluding carboxylic acids is 1. The Kier molecular flexibility index (Phi) is 5.36. The third-order valence-corrected chi connectivity index (χ3v) is 3.69. The number of hydrogen-bond donors (Lipinski definition) is 0. The zero-order chi connectivity index (χ0) is 17.5.